The number of rotatable bonds is 0. The minimum atomic E-state index is -0.625. The molecular formula is C3H7N3O. The van der Waals surface area contributed by atoms with Crippen molar-refractivity contribution in [3.05, 3.63) is 0 Å². The largest absolute Gasteiger partial charge is 0.370 e. The molecule has 1 rings (SSSR count). The monoisotopic (exact) mass is 101 g/mol. The maximum Gasteiger partial charge on any atom is 0.191 e. The van der Waals surface area contributed by atoms with Gasteiger partial charge in [0.05, 0.1) is 6.54 Å². The number of aliphatic hydroxyl groups is 1. The topological polar surface area (TPSA) is 70.6 Å². The lowest BCUT2D eigenvalue weighted by molar-refractivity contribution is 0.198. The number of aliphatic hydroxyl groups excluding tert-OH is 1. The third-order valence-corrected chi connectivity index (χ3v) is 0.754. The van der Waals surface area contributed by atoms with Gasteiger partial charge >= 0.3 is 0 Å². The fraction of sp³-hybridized carbons (Fsp3) is 0.667. The summed E-state index contributed by atoms with van der Waals surface area (Å²) in [7, 11) is 0. The number of guanidine groups is 1. The zero-order chi connectivity index (χ0) is 5.28. The van der Waals surface area contributed by atoms with Gasteiger partial charge in [0.1, 0.15) is 0 Å². The highest BCUT2D eigenvalue weighted by Gasteiger charge is 2.08. The summed E-state index contributed by atoms with van der Waals surface area (Å²) in [5.74, 6) is 0.326. The predicted molar refractivity (Wildman–Crippen MR) is 25.6 cm³/mol. The molecule has 0 aromatic heterocycles. The summed E-state index contributed by atoms with van der Waals surface area (Å²) in [6.45, 7) is 0.450. The van der Waals surface area contributed by atoms with E-state index >= 15 is 0 Å². The lowest BCUT2D eigenvalue weighted by Crippen LogP contribution is -2.27. The van der Waals surface area contributed by atoms with Crippen molar-refractivity contribution in [2.75, 3.05) is 6.54 Å². The van der Waals surface area contributed by atoms with E-state index in [2.05, 4.69) is 10.3 Å². The molecule has 1 unspecified atom stereocenters. The standard InChI is InChI=1S/C3H7N3O/c4-3-5-1-2(7)6-3/h2,7H,1H2,(H3,4,5,6). The molecule has 0 bridgehead atoms. The second-order valence-electron chi connectivity index (χ2n) is 1.38. The van der Waals surface area contributed by atoms with E-state index in [9.17, 15) is 0 Å². The Balaban J connectivity index is 2.50. The van der Waals surface area contributed by atoms with Crippen LogP contribution in [0.2, 0.25) is 0 Å². The van der Waals surface area contributed by atoms with Crippen LogP contribution in [0, 0.1) is 0 Å². The number of nitrogens with two attached hydrogens (primary N) is 1. The van der Waals surface area contributed by atoms with Gasteiger partial charge in [-0.15, -0.1) is 0 Å². The first-order chi connectivity index (χ1) is 3.29. The molecule has 0 saturated heterocycles. The van der Waals surface area contributed by atoms with Crippen molar-refractivity contribution < 1.29 is 5.11 Å². The first kappa shape index (κ1) is 4.39. The van der Waals surface area contributed by atoms with Gasteiger partial charge in [0.25, 0.3) is 0 Å². The Hall–Kier alpha value is -0.770. The molecule has 0 fully saturated rings. The van der Waals surface area contributed by atoms with Crippen LogP contribution in [-0.2, 0) is 0 Å². The van der Waals surface area contributed by atoms with Gasteiger partial charge in [0.15, 0.2) is 12.2 Å². The number of aliphatic imine (C=N–C) groups is 1. The van der Waals surface area contributed by atoms with Crippen molar-refractivity contribution in [3.63, 3.8) is 0 Å². The van der Waals surface area contributed by atoms with Crippen molar-refractivity contribution in [2.24, 2.45) is 10.7 Å². The van der Waals surface area contributed by atoms with Crippen molar-refractivity contribution >= 4 is 5.96 Å². The summed E-state index contributed by atoms with van der Waals surface area (Å²) >= 11 is 0. The fourth-order valence-electron chi connectivity index (χ4n) is 0.448. The van der Waals surface area contributed by atoms with Crippen LogP contribution >= 0.6 is 0 Å². The van der Waals surface area contributed by atoms with Crippen LogP contribution < -0.4 is 11.1 Å². The molecule has 7 heavy (non-hydrogen) atoms. The predicted octanol–water partition coefficient (Wildman–Crippen LogP) is -1.78. The maximum absolute atomic E-state index is 8.57. The van der Waals surface area contributed by atoms with Crippen molar-refractivity contribution in [3.8, 4) is 0 Å². The molecule has 4 N–H and O–H groups in total. The summed E-state index contributed by atoms with van der Waals surface area (Å²) in [5.41, 5.74) is 5.10. The molecule has 0 aliphatic carbocycles. The zero-order valence-electron chi connectivity index (χ0n) is 3.76. The Morgan fingerprint density at radius 1 is 2.00 bits per heavy atom. The molecule has 1 aliphatic heterocycles. The highest BCUT2D eigenvalue weighted by atomic mass is 16.3. The van der Waals surface area contributed by atoms with Gasteiger partial charge in [-0.05, 0) is 0 Å². The van der Waals surface area contributed by atoms with Gasteiger partial charge in [-0.3, -0.25) is 0 Å². The Kier molecular flexibility index (Phi) is 0.867. The average molecular weight is 101 g/mol. The molecule has 4 heteroatoms. The number of hydrogen-bond donors (Lipinski definition) is 3. The first-order valence-electron chi connectivity index (χ1n) is 2.04. The molecule has 0 aromatic carbocycles. The average Bonchev–Trinajstić information content (AvgIpc) is 1.87. The van der Waals surface area contributed by atoms with Gasteiger partial charge in [-0.1, -0.05) is 0 Å². The quantitative estimate of drug-likeness (QED) is 0.338. The van der Waals surface area contributed by atoms with E-state index in [1.807, 2.05) is 0 Å². The third-order valence-electron chi connectivity index (χ3n) is 0.754. The first-order valence-corrected chi connectivity index (χ1v) is 2.04. The van der Waals surface area contributed by atoms with Gasteiger partial charge in [0.2, 0.25) is 0 Å². The Labute approximate surface area is 41.0 Å². The van der Waals surface area contributed by atoms with Crippen LogP contribution in [-0.4, -0.2) is 23.8 Å². The molecule has 1 aliphatic rings. The molecule has 1 atom stereocenters. The van der Waals surface area contributed by atoms with Crippen LogP contribution in [0.4, 0.5) is 0 Å². The highest BCUT2D eigenvalue weighted by Crippen LogP contribution is 1.87. The molecule has 1 heterocycles. The van der Waals surface area contributed by atoms with Crippen LogP contribution in [0.1, 0.15) is 0 Å². The van der Waals surface area contributed by atoms with E-state index in [0.29, 0.717) is 12.5 Å². The second kappa shape index (κ2) is 1.38. The van der Waals surface area contributed by atoms with Crippen molar-refractivity contribution in [2.45, 2.75) is 6.23 Å². The van der Waals surface area contributed by atoms with Crippen molar-refractivity contribution in [1.29, 1.82) is 0 Å². The normalized spacial score (nSPS) is 29.3. The van der Waals surface area contributed by atoms with Gasteiger partial charge in [0, 0.05) is 0 Å². The molecule has 0 amide bonds. The Morgan fingerprint density at radius 3 is 2.86 bits per heavy atom. The lowest BCUT2D eigenvalue weighted by Gasteiger charge is -1.89. The minimum Gasteiger partial charge on any atom is -0.370 e. The van der Waals surface area contributed by atoms with Crippen LogP contribution in [0.15, 0.2) is 4.99 Å². The van der Waals surface area contributed by atoms with Crippen LogP contribution in [0.25, 0.3) is 0 Å². The van der Waals surface area contributed by atoms with E-state index in [4.69, 9.17) is 10.8 Å². The number of nitrogens with zero attached hydrogens (tertiary/aromatic N) is 1. The van der Waals surface area contributed by atoms with E-state index in [0.717, 1.165) is 0 Å². The number of nitrogens with one attached hydrogen (secondary N) is 1. The van der Waals surface area contributed by atoms with Crippen LogP contribution in [0.3, 0.4) is 0 Å². The summed E-state index contributed by atoms with van der Waals surface area (Å²) in [6.07, 6.45) is -0.625. The van der Waals surface area contributed by atoms with Gasteiger partial charge < -0.3 is 16.2 Å². The van der Waals surface area contributed by atoms with E-state index in [1.165, 1.54) is 0 Å². The zero-order valence-corrected chi connectivity index (χ0v) is 3.76. The SMILES string of the molecule is NC1=NC(O)CN1. The van der Waals surface area contributed by atoms with E-state index in [-0.39, 0.29) is 0 Å². The molecule has 40 valence electrons. The van der Waals surface area contributed by atoms with Gasteiger partial charge in [-0.25, -0.2) is 4.99 Å². The molecule has 0 radical (unpaired) electrons. The number of β-amino-alcohol motifs (C(OH)–C–C–N with tert-alkyl or cyclic N) is 1. The number of hydrogen-bond acceptors (Lipinski definition) is 4. The highest BCUT2D eigenvalue weighted by molar-refractivity contribution is 5.79. The Morgan fingerprint density at radius 2 is 2.71 bits per heavy atom. The maximum atomic E-state index is 8.57. The van der Waals surface area contributed by atoms with E-state index < -0.39 is 6.23 Å². The smallest absolute Gasteiger partial charge is 0.191 e. The fourth-order valence-corrected chi connectivity index (χ4v) is 0.448. The summed E-state index contributed by atoms with van der Waals surface area (Å²) in [6, 6.07) is 0. The molecule has 0 saturated carbocycles. The molecular weight excluding hydrogens is 94.1 g/mol. The summed E-state index contributed by atoms with van der Waals surface area (Å²) < 4.78 is 0. The third kappa shape index (κ3) is 0.806. The molecule has 0 spiro atoms. The minimum absolute atomic E-state index is 0.326. The summed E-state index contributed by atoms with van der Waals surface area (Å²) in [4.78, 5) is 3.53. The van der Waals surface area contributed by atoms with Crippen molar-refractivity contribution in [1.82, 2.24) is 5.32 Å². The second-order valence-corrected chi connectivity index (χ2v) is 1.38. The summed E-state index contributed by atoms with van der Waals surface area (Å²) in [5, 5.41) is 11.2. The molecule has 4 nitrogen and oxygen atoms in total. The van der Waals surface area contributed by atoms with Crippen LogP contribution in [0.5, 0.6) is 0 Å². The van der Waals surface area contributed by atoms with Gasteiger partial charge in [-0.2, -0.15) is 0 Å². The lowest BCUT2D eigenvalue weighted by atomic mass is 10.6. The van der Waals surface area contributed by atoms with E-state index in [1.54, 1.807) is 0 Å². The Bertz CT molecular complexity index is 100. The molecule has 0 aromatic rings.